The van der Waals surface area contributed by atoms with Gasteiger partial charge in [0.05, 0.1) is 0 Å². The molecule has 46 valence electrons. The van der Waals surface area contributed by atoms with Crippen LogP contribution in [0, 0.1) is 0 Å². The molecular formula is C4H5FO3. The molecule has 0 amide bonds. The second-order valence-electron chi connectivity index (χ2n) is 1.75. The van der Waals surface area contributed by atoms with Gasteiger partial charge in [-0.1, -0.05) is 0 Å². The molecule has 2 aliphatic heterocycles. The number of rotatable bonds is 0. The summed E-state index contributed by atoms with van der Waals surface area (Å²) in [5.41, 5.74) is 0. The molecule has 0 spiro atoms. The van der Waals surface area contributed by atoms with E-state index in [-0.39, 0.29) is 12.9 Å². The van der Waals surface area contributed by atoms with E-state index in [9.17, 15) is 4.39 Å². The van der Waals surface area contributed by atoms with E-state index in [0.717, 1.165) is 0 Å². The van der Waals surface area contributed by atoms with Crippen molar-refractivity contribution < 1.29 is 18.6 Å². The number of halogens is 1. The second-order valence-corrected chi connectivity index (χ2v) is 1.75. The molecule has 0 N–H and O–H groups in total. The zero-order chi connectivity index (χ0) is 5.56. The molecule has 2 heterocycles. The summed E-state index contributed by atoms with van der Waals surface area (Å²) in [6, 6.07) is 0. The first-order chi connectivity index (χ1) is 3.86. The van der Waals surface area contributed by atoms with Crippen molar-refractivity contribution in [3.05, 3.63) is 0 Å². The maximum atomic E-state index is 12.0. The van der Waals surface area contributed by atoms with Crippen LogP contribution in [0.2, 0.25) is 0 Å². The first-order valence-electron chi connectivity index (χ1n) is 2.43. The quantitative estimate of drug-likeness (QED) is 0.422. The highest BCUT2D eigenvalue weighted by Gasteiger charge is 2.47. The molecule has 2 fully saturated rings. The van der Waals surface area contributed by atoms with Crippen molar-refractivity contribution in [3.63, 3.8) is 0 Å². The van der Waals surface area contributed by atoms with E-state index in [2.05, 4.69) is 9.47 Å². The molecule has 0 saturated carbocycles. The topological polar surface area (TPSA) is 31.0 Å². The zero-order valence-corrected chi connectivity index (χ0v) is 4.04. The third-order valence-corrected chi connectivity index (χ3v) is 1.09. The summed E-state index contributed by atoms with van der Waals surface area (Å²) in [5, 5.41) is 0. The maximum Gasteiger partial charge on any atom is 0.225 e. The van der Waals surface area contributed by atoms with Crippen LogP contribution in [-0.4, -0.2) is 25.5 Å². The Morgan fingerprint density at radius 1 is 1.25 bits per heavy atom. The Morgan fingerprint density at radius 3 is 2.75 bits per heavy atom. The summed E-state index contributed by atoms with van der Waals surface area (Å²) in [5.74, 6) is 0. The molecule has 0 aromatic heterocycles. The minimum Gasteiger partial charge on any atom is -0.342 e. The summed E-state index contributed by atoms with van der Waals surface area (Å²) in [4.78, 5) is 0. The number of hydrogen-bond acceptors (Lipinski definition) is 3. The lowest BCUT2D eigenvalue weighted by Crippen LogP contribution is -2.24. The molecule has 8 heavy (non-hydrogen) atoms. The van der Waals surface area contributed by atoms with Crippen LogP contribution >= 0.6 is 0 Å². The van der Waals surface area contributed by atoms with Gasteiger partial charge in [0.1, 0.15) is 6.61 Å². The van der Waals surface area contributed by atoms with Crippen molar-refractivity contribution in [3.8, 4) is 0 Å². The van der Waals surface area contributed by atoms with Crippen molar-refractivity contribution in [2.75, 3.05) is 6.61 Å². The fraction of sp³-hybridized carbons (Fsp3) is 1.00. The average molecular weight is 120 g/mol. The Balaban J connectivity index is 1.93. The number of ether oxygens (including phenoxy) is 3. The SMILES string of the molecule is FC1COC2OC2O1. The van der Waals surface area contributed by atoms with E-state index in [4.69, 9.17) is 4.74 Å². The van der Waals surface area contributed by atoms with Crippen molar-refractivity contribution >= 4 is 0 Å². The fourth-order valence-corrected chi connectivity index (χ4v) is 0.656. The smallest absolute Gasteiger partial charge is 0.225 e. The van der Waals surface area contributed by atoms with E-state index < -0.39 is 12.6 Å². The van der Waals surface area contributed by atoms with Crippen LogP contribution in [0.3, 0.4) is 0 Å². The predicted molar refractivity (Wildman–Crippen MR) is 20.6 cm³/mol. The van der Waals surface area contributed by atoms with Crippen LogP contribution in [-0.2, 0) is 14.2 Å². The predicted octanol–water partition coefficient (Wildman–Crippen LogP) is 0.0112. The minimum atomic E-state index is -1.29. The molecule has 3 atom stereocenters. The Morgan fingerprint density at radius 2 is 2.12 bits per heavy atom. The third kappa shape index (κ3) is 0.613. The summed E-state index contributed by atoms with van der Waals surface area (Å²) in [7, 11) is 0. The Kier molecular flexibility index (Phi) is 0.817. The molecule has 0 aromatic carbocycles. The average Bonchev–Trinajstić information content (AvgIpc) is 2.43. The van der Waals surface area contributed by atoms with E-state index in [0.29, 0.717) is 0 Å². The maximum absolute atomic E-state index is 12.0. The second kappa shape index (κ2) is 1.40. The van der Waals surface area contributed by atoms with Crippen molar-refractivity contribution in [2.45, 2.75) is 18.9 Å². The third-order valence-electron chi connectivity index (χ3n) is 1.09. The lowest BCUT2D eigenvalue weighted by atomic mass is 10.6. The first kappa shape index (κ1) is 4.67. The van der Waals surface area contributed by atoms with Gasteiger partial charge >= 0.3 is 0 Å². The minimum absolute atomic E-state index is 0.00116. The number of alkyl halides is 1. The molecule has 2 aliphatic rings. The zero-order valence-electron chi connectivity index (χ0n) is 4.04. The Hall–Kier alpha value is -0.190. The summed E-state index contributed by atoms with van der Waals surface area (Å²) < 4.78 is 26.0. The van der Waals surface area contributed by atoms with Crippen molar-refractivity contribution in [1.82, 2.24) is 0 Å². The normalized spacial score (nSPS) is 52.9. The molecule has 2 saturated heterocycles. The largest absolute Gasteiger partial charge is 0.342 e. The van der Waals surface area contributed by atoms with E-state index in [1.165, 1.54) is 0 Å². The highest BCUT2D eigenvalue weighted by atomic mass is 19.1. The first-order valence-corrected chi connectivity index (χ1v) is 2.43. The molecule has 0 radical (unpaired) electrons. The molecule has 0 aromatic rings. The van der Waals surface area contributed by atoms with Crippen molar-refractivity contribution in [1.29, 1.82) is 0 Å². The van der Waals surface area contributed by atoms with Gasteiger partial charge < -0.3 is 14.2 Å². The van der Waals surface area contributed by atoms with Gasteiger partial charge in [-0.25, -0.2) is 4.39 Å². The molecule has 4 heteroatoms. The lowest BCUT2D eigenvalue weighted by Gasteiger charge is -2.10. The Bertz CT molecular complexity index is 107. The Labute approximate surface area is 45.3 Å². The standard InChI is InChI=1S/C4H5FO3/c5-2-1-6-3-4(7-2)8-3/h2-4H,1H2. The molecule has 2 rings (SSSR count). The van der Waals surface area contributed by atoms with Crippen LogP contribution in [0.15, 0.2) is 0 Å². The van der Waals surface area contributed by atoms with Gasteiger partial charge in [-0.3, -0.25) is 0 Å². The molecular weight excluding hydrogens is 115 g/mol. The van der Waals surface area contributed by atoms with Crippen LogP contribution in [0.4, 0.5) is 4.39 Å². The van der Waals surface area contributed by atoms with Crippen molar-refractivity contribution in [2.24, 2.45) is 0 Å². The molecule has 0 aliphatic carbocycles. The fourth-order valence-electron chi connectivity index (χ4n) is 0.656. The number of hydrogen-bond donors (Lipinski definition) is 0. The van der Waals surface area contributed by atoms with Gasteiger partial charge in [0.15, 0.2) is 0 Å². The highest BCUT2D eigenvalue weighted by Crippen LogP contribution is 2.30. The van der Waals surface area contributed by atoms with E-state index >= 15 is 0 Å². The van der Waals surface area contributed by atoms with Gasteiger partial charge in [0, 0.05) is 0 Å². The van der Waals surface area contributed by atoms with Gasteiger partial charge in [-0.15, -0.1) is 0 Å². The molecule has 3 unspecified atom stereocenters. The number of fused-ring (bicyclic) bond motifs is 1. The van der Waals surface area contributed by atoms with Crippen LogP contribution in [0.25, 0.3) is 0 Å². The summed E-state index contributed by atoms with van der Waals surface area (Å²) >= 11 is 0. The lowest BCUT2D eigenvalue weighted by molar-refractivity contribution is -0.149. The van der Waals surface area contributed by atoms with Crippen LogP contribution in [0.5, 0.6) is 0 Å². The number of epoxide rings is 1. The van der Waals surface area contributed by atoms with Gasteiger partial charge in [0.2, 0.25) is 18.9 Å². The highest BCUT2D eigenvalue weighted by molar-refractivity contribution is 4.71. The van der Waals surface area contributed by atoms with Crippen LogP contribution < -0.4 is 0 Å². The van der Waals surface area contributed by atoms with Gasteiger partial charge in [-0.05, 0) is 0 Å². The summed E-state index contributed by atoms with van der Waals surface area (Å²) in [6.07, 6.45) is -1.99. The van der Waals surface area contributed by atoms with E-state index in [1.54, 1.807) is 0 Å². The van der Waals surface area contributed by atoms with Gasteiger partial charge in [-0.2, -0.15) is 0 Å². The molecule has 3 nitrogen and oxygen atoms in total. The van der Waals surface area contributed by atoms with Gasteiger partial charge in [0.25, 0.3) is 0 Å². The summed E-state index contributed by atoms with van der Waals surface area (Å²) in [6.45, 7) is 0.00116. The van der Waals surface area contributed by atoms with Crippen LogP contribution in [0.1, 0.15) is 0 Å². The monoisotopic (exact) mass is 120 g/mol. The molecule has 0 bridgehead atoms. The van der Waals surface area contributed by atoms with E-state index in [1.807, 2.05) is 0 Å².